The molecular formula is C16H28O6. The molecule has 1 heterocycles. The third kappa shape index (κ3) is 3.80. The molecule has 4 atom stereocenters. The summed E-state index contributed by atoms with van der Waals surface area (Å²) in [7, 11) is 0. The number of hydrogen-bond acceptors (Lipinski definition) is 6. The van der Waals surface area contributed by atoms with Crippen LogP contribution < -0.4 is 0 Å². The Balaban J connectivity index is 1.56. The van der Waals surface area contributed by atoms with Crippen LogP contribution in [0.25, 0.3) is 0 Å². The predicted molar refractivity (Wildman–Crippen MR) is 78.1 cm³/mol. The highest BCUT2D eigenvalue weighted by Gasteiger charge is 2.49. The molecule has 6 heteroatoms. The van der Waals surface area contributed by atoms with Gasteiger partial charge in [-0.05, 0) is 51.4 Å². The zero-order chi connectivity index (χ0) is 15.9. The largest absolute Gasteiger partial charge is 0.394 e. The summed E-state index contributed by atoms with van der Waals surface area (Å²) in [5, 5.41) is 29.4. The van der Waals surface area contributed by atoms with Crippen molar-refractivity contribution in [2.45, 2.75) is 75.8 Å². The number of hydrogen-bond donors (Lipinski definition) is 3. The van der Waals surface area contributed by atoms with Gasteiger partial charge in [0.05, 0.1) is 19.3 Å². The van der Waals surface area contributed by atoms with Gasteiger partial charge >= 0.3 is 0 Å². The Labute approximate surface area is 131 Å². The van der Waals surface area contributed by atoms with Crippen molar-refractivity contribution in [1.29, 1.82) is 0 Å². The third-order valence-corrected chi connectivity index (χ3v) is 4.74. The van der Waals surface area contributed by atoms with E-state index in [0.717, 1.165) is 0 Å². The number of ether oxygens (including phenoxy) is 3. The fraction of sp³-hybridized carbons (Fsp3) is 1.00. The van der Waals surface area contributed by atoms with E-state index in [9.17, 15) is 10.2 Å². The van der Waals surface area contributed by atoms with Crippen molar-refractivity contribution >= 4 is 0 Å². The molecule has 0 radical (unpaired) electrons. The molecule has 0 aromatic carbocycles. The highest BCUT2D eigenvalue weighted by atomic mass is 16.8. The van der Waals surface area contributed by atoms with Crippen LogP contribution in [0, 0.1) is 11.8 Å². The van der Waals surface area contributed by atoms with Gasteiger partial charge < -0.3 is 29.5 Å². The maximum Gasteiger partial charge on any atom is 0.164 e. The molecule has 3 fully saturated rings. The second-order valence-electron chi connectivity index (χ2n) is 7.35. The lowest BCUT2D eigenvalue weighted by Gasteiger charge is -2.26. The monoisotopic (exact) mass is 316 g/mol. The van der Waals surface area contributed by atoms with Crippen LogP contribution in [0.5, 0.6) is 0 Å². The van der Waals surface area contributed by atoms with E-state index in [1.54, 1.807) is 13.8 Å². The molecule has 3 rings (SSSR count). The molecule has 1 saturated heterocycles. The zero-order valence-electron chi connectivity index (χ0n) is 13.4. The maximum atomic E-state index is 10.4. The normalized spacial score (nSPS) is 34.1. The standard InChI is InChI=1S/C16H28O6/c1-16(2)21-14(11(18)7-17)15(22-16)12(19)8-20-13(9-3-4-9)10-5-6-10/h9-15,17-19H,3-8H2,1-2H3/t11-,12-,14-,15-/m1/s1. The minimum absolute atomic E-state index is 0.177. The van der Waals surface area contributed by atoms with E-state index in [1.807, 2.05) is 0 Å². The Morgan fingerprint density at radius 1 is 1.00 bits per heavy atom. The number of rotatable bonds is 8. The minimum Gasteiger partial charge on any atom is -0.394 e. The quantitative estimate of drug-likeness (QED) is 0.602. The summed E-state index contributed by atoms with van der Waals surface area (Å²) in [4.78, 5) is 0. The van der Waals surface area contributed by atoms with E-state index in [-0.39, 0.29) is 12.7 Å². The van der Waals surface area contributed by atoms with Crippen LogP contribution in [0.1, 0.15) is 39.5 Å². The third-order valence-electron chi connectivity index (χ3n) is 4.74. The molecule has 3 N–H and O–H groups in total. The Hall–Kier alpha value is -0.240. The summed E-state index contributed by atoms with van der Waals surface area (Å²) >= 11 is 0. The van der Waals surface area contributed by atoms with E-state index in [4.69, 9.17) is 19.3 Å². The topological polar surface area (TPSA) is 88.4 Å². The molecule has 3 aliphatic rings. The highest BCUT2D eigenvalue weighted by molar-refractivity contribution is 4.94. The zero-order valence-corrected chi connectivity index (χ0v) is 13.4. The average Bonchev–Trinajstić information content (AvgIpc) is 3.36. The smallest absolute Gasteiger partial charge is 0.164 e. The summed E-state index contributed by atoms with van der Waals surface area (Å²) in [5.74, 6) is 0.408. The molecule has 2 saturated carbocycles. The van der Waals surface area contributed by atoms with E-state index in [0.29, 0.717) is 11.8 Å². The molecule has 6 nitrogen and oxygen atoms in total. The van der Waals surface area contributed by atoms with Crippen LogP contribution >= 0.6 is 0 Å². The first-order valence-electron chi connectivity index (χ1n) is 8.35. The number of aliphatic hydroxyl groups is 3. The second-order valence-corrected chi connectivity index (χ2v) is 7.35. The van der Waals surface area contributed by atoms with Crippen molar-refractivity contribution in [2.75, 3.05) is 13.2 Å². The first-order valence-corrected chi connectivity index (χ1v) is 8.35. The summed E-state index contributed by atoms with van der Waals surface area (Å²) < 4.78 is 17.3. The summed E-state index contributed by atoms with van der Waals surface area (Å²) in [6, 6.07) is 0. The lowest BCUT2D eigenvalue weighted by atomic mass is 10.0. The van der Waals surface area contributed by atoms with Crippen LogP contribution in [0.2, 0.25) is 0 Å². The van der Waals surface area contributed by atoms with Crippen LogP contribution in [0.3, 0.4) is 0 Å². The SMILES string of the molecule is CC1(C)O[C@H]([C@H](O)CO)[C@@H]([C@H](O)COC(C2CC2)C2CC2)O1. The molecule has 2 aliphatic carbocycles. The van der Waals surface area contributed by atoms with E-state index < -0.39 is 36.8 Å². The van der Waals surface area contributed by atoms with Gasteiger partial charge in [0, 0.05) is 0 Å². The Morgan fingerprint density at radius 2 is 1.50 bits per heavy atom. The van der Waals surface area contributed by atoms with E-state index in [2.05, 4.69) is 0 Å². The summed E-state index contributed by atoms with van der Waals surface area (Å²) in [6.07, 6.45) is 1.73. The van der Waals surface area contributed by atoms with Crippen molar-refractivity contribution in [2.24, 2.45) is 11.8 Å². The predicted octanol–water partition coefficient (Wildman–Crippen LogP) is 0.426. The van der Waals surface area contributed by atoms with Gasteiger partial charge in [-0.25, -0.2) is 0 Å². The summed E-state index contributed by atoms with van der Waals surface area (Å²) in [5.41, 5.74) is 0. The van der Waals surface area contributed by atoms with Crippen LogP contribution in [-0.4, -0.2) is 64.8 Å². The fourth-order valence-corrected chi connectivity index (χ4v) is 3.33. The molecule has 128 valence electrons. The average molecular weight is 316 g/mol. The van der Waals surface area contributed by atoms with Gasteiger partial charge in [0.25, 0.3) is 0 Å². The molecule has 0 aromatic heterocycles. The Morgan fingerprint density at radius 3 is 1.95 bits per heavy atom. The van der Waals surface area contributed by atoms with Gasteiger partial charge in [0.1, 0.15) is 24.4 Å². The van der Waals surface area contributed by atoms with Gasteiger partial charge in [0.15, 0.2) is 5.79 Å². The lowest BCUT2D eigenvalue weighted by Crippen LogP contribution is -2.46. The molecule has 1 aliphatic heterocycles. The molecule has 0 unspecified atom stereocenters. The number of aliphatic hydroxyl groups excluding tert-OH is 3. The van der Waals surface area contributed by atoms with Crippen molar-refractivity contribution < 1.29 is 29.5 Å². The Bertz CT molecular complexity index is 367. The molecule has 0 aromatic rings. The van der Waals surface area contributed by atoms with E-state index >= 15 is 0 Å². The second kappa shape index (κ2) is 6.34. The van der Waals surface area contributed by atoms with Gasteiger partial charge in [0.2, 0.25) is 0 Å². The first kappa shape index (κ1) is 16.6. The van der Waals surface area contributed by atoms with E-state index in [1.165, 1.54) is 25.7 Å². The van der Waals surface area contributed by atoms with Gasteiger partial charge in [-0.3, -0.25) is 0 Å². The molecular weight excluding hydrogens is 288 g/mol. The minimum atomic E-state index is -1.08. The summed E-state index contributed by atoms with van der Waals surface area (Å²) in [6.45, 7) is 3.21. The highest BCUT2D eigenvalue weighted by Crippen LogP contribution is 2.46. The van der Waals surface area contributed by atoms with Gasteiger partial charge in [-0.15, -0.1) is 0 Å². The van der Waals surface area contributed by atoms with Crippen molar-refractivity contribution in [3.63, 3.8) is 0 Å². The fourth-order valence-electron chi connectivity index (χ4n) is 3.33. The van der Waals surface area contributed by atoms with Crippen molar-refractivity contribution in [3.05, 3.63) is 0 Å². The lowest BCUT2D eigenvalue weighted by molar-refractivity contribution is -0.165. The maximum absolute atomic E-state index is 10.4. The van der Waals surface area contributed by atoms with Crippen molar-refractivity contribution in [3.8, 4) is 0 Å². The molecule has 0 amide bonds. The van der Waals surface area contributed by atoms with Crippen LogP contribution in [0.15, 0.2) is 0 Å². The van der Waals surface area contributed by atoms with Gasteiger partial charge in [-0.2, -0.15) is 0 Å². The van der Waals surface area contributed by atoms with Crippen LogP contribution in [-0.2, 0) is 14.2 Å². The molecule has 22 heavy (non-hydrogen) atoms. The Kier molecular flexibility index (Phi) is 4.79. The molecule has 0 spiro atoms. The van der Waals surface area contributed by atoms with Crippen LogP contribution in [0.4, 0.5) is 0 Å². The first-order chi connectivity index (χ1) is 10.4. The van der Waals surface area contributed by atoms with Gasteiger partial charge in [-0.1, -0.05) is 0 Å². The molecule has 0 bridgehead atoms. The van der Waals surface area contributed by atoms with Crippen molar-refractivity contribution in [1.82, 2.24) is 0 Å².